The Morgan fingerprint density at radius 1 is 1.48 bits per heavy atom. The number of hydrogen-bond donors (Lipinski definition) is 1. The van der Waals surface area contributed by atoms with Crippen LogP contribution in [0.3, 0.4) is 0 Å². The van der Waals surface area contributed by atoms with E-state index in [0.717, 1.165) is 0 Å². The average molecular weight is 380 g/mol. The molecule has 10 heteroatoms. The zero-order chi connectivity index (χ0) is 16.1. The van der Waals surface area contributed by atoms with Crippen molar-refractivity contribution in [2.24, 2.45) is 0 Å². The summed E-state index contributed by atoms with van der Waals surface area (Å²) in [5.74, 6) is -1.93. The van der Waals surface area contributed by atoms with Crippen molar-refractivity contribution in [3.8, 4) is 0 Å². The summed E-state index contributed by atoms with van der Waals surface area (Å²) in [6, 6.07) is 0.0973. The minimum absolute atomic E-state index is 0. The van der Waals surface area contributed by atoms with Gasteiger partial charge in [0.25, 0.3) is 0 Å². The second kappa shape index (κ2) is 7.10. The molecule has 2 amide bonds. The van der Waals surface area contributed by atoms with E-state index in [1.54, 1.807) is 25.3 Å². The van der Waals surface area contributed by atoms with Crippen molar-refractivity contribution < 1.29 is 70.9 Å². The quantitative estimate of drug-likeness (QED) is 0.422. The maximum absolute atomic E-state index is 12.2. The average Bonchev–Trinajstić information content (AvgIpc) is 3.00. The monoisotopic (exact) mass is 379 g/mol. The van der Waals surface area contributed by atoms with Gasteiger partial charge in [0.05, 0.1) is 24.1 Å². The summed E-state index contributed by atoms with van der Waals surface area (Å²) in [6.07, 6.45) is 0.109. The molecule has 118 valence electrons. The van der Waals surface area contributed by atoms with Gasteiger partial charge in [-0.05, 0) is 31.4 Å². The topological polar surface area (TPSA) is 102 Å². The molecule has 0 radical (unpaired) electrons. The van der Waals surface area contributed by atoms with Gasteiger partial charge in [0.2, 0.25) is 11.8 Å². The molecule has 0 aromatic carbocycles. The summed E-state index contributed by atoms with van der Waals surface area (Å²) in [7, 11) is 0. The number of thioether (sulfide) groups is 1. The smallest absolute Gasteiger partial charge is 0.548 e. The van der Waals surface area contributed by atoms with Gasteiger partial charge in [-0.3, -0.25) is 9.59 Å². The number of β-lactam (4-membered cyclic amide) rings is 1. The van der Waals surface area contributed by atoms with Gasteiger partial charge in [0.1, 0.15) is 11.4 Å². The molecule has 2 fully saturated rings. The molecule has 7 nitrogen and oxygen atoms in total. The van der Waals surface area contributed by atoms with Crippen LogP contribution in [0.5, 0.6) is 0 Å². The number of hydrogen-bond acceptors (Lipinski definition) is 7. The first kappa shape index (κ1) is 19.4. The first-order valence-electron chi connectivity index (χ1n) is 6.71. The number of rotatable bonds is 4. The zero-order valence-electron chi connectivity index (χ0n) is 12.9. The van der Waals surface area contributed by atoms with Gasteiger partial charge in [-0.1, -0.05) is 0 Å². The number of nitrogens with one attached hydrogen (secondary N) is 1. The summed E-state index contributed by atoms with van der Waals surface area (Å²) in [5, 5.41) is 15.4. The summed E-state index contributed by atoms with van der Waals surface area (Å²) >= 11 is 2.63. The van der Waals surface area contributed by atoms with Gasteiger partial charge >= 0.3 is 51.4 Å². The molecule has 2 saturated heterocycles. The van der Waals surface area contributed by atoms with E-state index in [-0.39, 0.29) is 75.0 Å². The molecule has 1 N–H and O–H groups in total. The van der Waals surface area contributed by atoms with Gasteiger partial charge in [0, 0.05) is 10.1 Å². The Morgan fingerprint density at radius 2 is 2.17 bits per heavy atom. The third-order valence-electron chi connectivity index (χ3n) is 3.81. The number of carboxylic acids is 1. The van der Waals surface area contributed by atoms with Gasteiger partial charge in [-0.2, -0.15) is 4.37 Å². The fourth-order valence-corrected chi connectivity index (χ4v) is 5.00. The normalized spacial score (nSPS) is 27.7. The van der Waals surface area contributed by atoms with E-state index >= 15 is 0 Å². The Hall–Kier alpha value is 0.0264. The maximum atomic E-state index is 12.2. The van der Waals surface area contributed by atoms with E-state index in [2.05, 4.69) is 9.69 Å². The third-order valence-corrected chi connectivity index (χ3v) is 5.98. The molecule has 2 aliphatic rings. The van der Waals surface area contributed by atoms with Crippen molar-refractivity contribution in [2.45, 2.75) is 42.5 Å². The Kier molecular flexibility index (Phi) is 5.98. The van der Waals surface area contributed by atoms with Gasteiger partial charge in [0.15, 0.2) is 0 Å². The Bertz CT molecular complexity index is 637. The van der Waals surface area contributed by atoms with E-state index in [1.165, 1.54) is 28.2 Å². The first-order chi connectivity index (χ1) is 10.3. The molecule has 0 spiro atoms. The number of fused-ring (bicyclic) bond motifs is 1. The van der Waals surface area contributed by atoms with Gasteiger partial charge in [-0.25, -0.2) is 0 Å². The van der Waals surface area contributed by atoms with Crippen LogP contribution in [0.15, 0.2) is 11.4 Å². The van der Waals surface area contributed by atoms with Gasteiger partial charge in [-0.15, -0.1) is 11.8 Å². The minimum atomic E-state index is -1.26. The number of carbonyl (C=O) groups excluding carboxylic acids is 3. The van der Waals surface area contributed by atoms with E-state index in [0.29, 0.717) is 5.69 Å². The predicted molar refractivity (Wildman–Crippen MR) is 78.8 cm³/mol. The van der Waals surface area contributed by atoms with Crippen LogP contribution in [0.2, 0.25) is 0 Å². The number of nitrogens with zero attached hydrogens (tertiary/aromatic N) is 2. The summed E-state index contributed by atoms with van der Waals surface area (Å²) < 4.78 is 3.40. The van der Waals surface area contributed by atoms with Crippen LogP contribution in [0.1, 0.15) is 19.5 Å². The fourth-order valence-electron chi connectivity index (χ4n) is 2.84. The van der Waals surface area contributed by atoms with Crippen molar-refractivity contribution in [2.75, 3.05) is 0 Å². The number of carbonyl (C=O) groups is 3. The van der Waals surface area contributed by atoms with Crippen molar-refractivity contribution in [1.29, 1.82) is 0 Å². The Labute approximate surface area is 184 Å². The summed E-state index contributed by atoms with van der Waals surface area (Å²) in [6.45, 7) is 3.52. The third kappa shape index (κ3) is 3.53. The van der Waals surface area contributed by atoms with E-state index in [9.17, 15) is 19.5 Å². The molecule has 0 saturated carbocycles. The Balaban J connectivity index is 0.00000192. The molecule has 3 heterocycles. The molecule has 3 rings (SSSR count). The van der Waals surface area contributed by atoms with Crippen molar-refractivity contribution >= 4 is 41.1 Å². The molecular weight excluding hydrogens is 365 g/mol. The first-order valence-corrected chi connectivity index (χ1v) is 8.42. The molecule has 0 bridgehead atoms. The Morgan fingerprint density at radius 3 is 2.74 bits per heavy atom. The van der Waals surface area contributed by atoms with Crippen LogP contribution in [0, 0.1) is 0 Å². The predicted octanol–water partition coefficient (Wildman–Crippen LogP) is -4.01. The van der Waals surface area contributed by atoms with Crippen molar-refractivity contribution in [3.05, 3.63) is 17.1 Å². The largest absolute Gasteiger partial charge is 1.00 e. The fraction of sp³-hybridized carbons (Fsp3) is 0.538. The second-order valence-corrected chi connectivity index (χ2v) is 8.23. The number of aliphatic carboxylic acids is 1. The van der Waals surface area contributed by atoms with Crippen LogP contribution >= 0.6 is 23.3 Å². The standard InChI is InChI=1S/C13H15N3O4S2.K/c1-13(2)9(12(19)20)16-10(18)8(11(16)22-13)14-7(17)5-6-3-4-21-15-6;/h3-4,8-9,11H,5H2,1-2H3,(H,14,17)(H,19,20);/q;+1/p-1/t8-,9+,11-;/m1./s1. The van der Waals surface area contributed by atoms with Gasteiger partial charge < -0.3 is 20.1 Å². The van der Waals surface area contributed by atoms with E-state index in [4.69, 9.17) is 0 Å². The SMILES string of the molecule is CC1(C)S[C@@H]2[C@H](NC(=O)Cc3ccsn3)C(=O)N2[C@H]1C(=O)[O-].[K+]. The summed E-state index contributed by atoms with van der Waals surface area (Å²) in [5.41, 5.74) is 0.651. The van der Waals surface area contributed by atoms with Crippen molar-refractivity contribution in [1.82, 2.24) is 14.6 Å². The minimum Gasteiger partial charge on any atom is -0.548 e. The molecule has 0 unspecified atom stereocenters. The molecule has 23 heavy (non-hydrogen) atoms. The van der Waals surface area contributed by atoms with Crippen LogP contribution in [0.4, 0.5) is 0 Å². The molecule has 3 atom stereocenters. The van der Waals surface area contributed by atoms with Crippen molar-refractivity contribution in [3.63, 3.8) is 0 Å². The zero-order valence-corrected chi connectivity index (χ0v) is 17.7. The number of carboxylic acid groups (broad SMARTS) is 1. The maximum Gasteiger partial charge on any atom is 1.00 e. The number of aromatic nitrogens is 1. The molecular formula is C13H14KN3O4S2. The van der Waals surface area contributed by atoms with E-state index < -0.39 is 22.8 Å². The number of amides is 2. The van der Waals surface area contributed by atoms with Crippen LogP contribution in [-0.2, 0) is 20.8 Å². The second-order valence-electron chi connectivity index (χ2n) is 5.79. The molecule has 2 aliphatic heterocycles. The van der Waals surface area contributed by atoms with Crippen LogP contribution in [-0.4, -0.2) is 49.3 Å². The molecule has 1 aromatic heterocycles. The van der Waals surface area contributed by atoms with Crippen LogP contribution < -0.4 is 61.8 Å². The molecule has 0 aliphatic carbocycles. The molecule has 1 aromatic rings. The van der Waals surface area contributed by atoms with E-state index in [1.807, 2.05) is 0 Å². The summed E-state index contributed by atoms with van der Waals surface area (Å²) in [4.78, 5) is 36.7. The van der Waals surface area contributed by atoms with Crippen LogP contribution in [0.25, 0.3) is 0 Å².